The van der Waals surface area contributed by atoms with E-state index in [2.05, 4.69) is 11.1 Å². The van der Waals surface area contributed by atoms with Gasteiger partial charge in [-0.15, -0.1) is 11.3 Å². The number of methoxy groups -OCH3 is 3. The molecule has 6 nitrogen and oxygen atoms in total. The number of carbonyl (C=O) groups excluding carboxylic acids is 1. The zero-order chi connectivity index (χ0) is 21.5. The summed E-state index contributed by atoms with van der Waals surface area (Å²) in [6.45, 7) is 0. The molecule has 1 heterocycles. The first-order valence-electron chi connectivity index (χ1n) is 9.02. The van der Waals surface area contributed by atoms with Crippen molar-refractivity contribution in [1.82, 2.24) is 4.98 Å². The predicted octanol–water partition coefficient (Wildman–Crippen LogP) is 4.73. The molecule has 2 aromatic carbocycles. The molecular formula is C23H20N2O4S. The molecule has 152 valence electrons. The number of hydrogen-bond acceptors (Lipinski definition) is 7. The van der Waals surface area contributed by atoms with Crippen LogP contribution in [-0.4, -0.2) is 32.1 Å². The molecular weight excluding hydrogens is 400 g/mol. The van der Waals surface area contributed by atoms with E-state index < -0.39 is 5.92 Å². The van der Waals surface area contributed by atoms with Crippen LogP contribution in [0.15, 0.2) is 53.9 Å². The van der Waals surface area contributed by atoms with E-state index in [1.54, 1.807) is 45.6 Å². The quantitative estimate of drug-likeness (QED) is 0.490. The summed E-state index contributed by atoms with van der Waals surface area (Å²) in [4.78, 5) is 17.2. The molecule has 0 radical (unpaired) electrons. The van der Waals surface area contributed by atoms with E-state index in [1.807, 2.05) is 29.6 Å². The van der Waals surface area contributed by atoms with Crippen LogP contribution in [-0.2, 0) is 4.79 Å². The number of benzene rings is 2. The summed E-state index contributed by atoms with van der Waals surface area (Å²) in [5.74, 6) is 0.670. The van der Waals surface area contributed by atoms with E-state index in [4.69, 9.17) is 14.2 Å². The molecule has 1 atom stereocenters. The van der Waals surface area contributed by atoms with Crippen LogP contribution in [0.25, 0.3) is 17.3 Å². The average molecular weight is 420 g/mol. The Morgan fingerprint density at radius 2 is 1.67 bits per heavy atom. The van der Waals surface area contributed by atoms with Crippen LogP contribution in [0.1, 0.15) is 16.5 Å². The third-order valence-corrected chi connectivity index (χ3v) is 5.29. The van der Waals surface area contributed by atoms with Gasteiger partial charge in [-0.2, -0.15) is 5.26 Å². The number of nitriles is 1. The van der Waals surface area contributed by atoms with Gasteiger partial charge < -0.3 is 14.2 Å². The van der Waals surface area contributed by atoms with Crippen LogP contribution >= 0.6 is 11.3 Å². The second-order valence-corrected chi connectivity index (χ2v) is 7.13. The Kier molecular flexibility index (Phi) is 6.83. The van der Waals surface area contributed by atoms with E-state index in [1.165, 1.54) is 17.4 Å². The second kappa shape index (κ2) is 9.72. The van der Waals surface area contributed by atoms with Crippen LogP contribution in [0.2, 0.25) is 0 Å². The maximum absolute atomic E-state index is 12.7. The molecule has 3 aromatic rings. The molecule has 30 heavy (non-hydrogen) atoms. The van der Waals surface area contributed by atoms with Gasteiger partial charge in [0.1, 0.15) is 22.3 Å². The zero-order valence-corrected chi connectivity index (χ0v) is 17.6. The lowest BCUT2D eigenvalue weighted by atomic mass is 10.0. The molecule has 0 saturated heterocycles. The van der Waals surface area contributed by atoms with Crippen molar-refractivity contribution in [3.63, 3.8) is 0 Å². The molecule has 0 aliphatic rings. The van der Waals surface area contributed by atoms with Crippen molar-refractivity contribution in [3.8, 4) is 34.6 Å². The van der Waals surface area contributed by atoms with Crippen molar-refractivity contribution in [3.05, 3.63) is 64.5 Å². The van der Waals surface area contributed by atoms with Gasteiger partial charge in [0, 0.05) is 17.0 Å². The standard InChI is InChI=1S/C23H20N2O4S/c1-27-17-7-5-16(6-8-17)21-14-30-23(25-21)20(13-24)22(26)9-4-15-10-18(28-2)12-19(11-15)29-3/h4-12,14,20H,1-3H3/b9-4+. The van der Waals surface area contributed by atoms with Gasteiger partial charge in [0.05, 0.1) is 33.1 Å². The van der Waals surface area contributed by atoms with Crippen molar-refractivity contribution in [2.24, 2.45) is 0 Å². The van der Waals surface area contributed by atoms with E-state index in [-0.39, 0.29) is 5.78 Å². The number of allylic oxidation sites excluding steroid dienone is 1. The smallest absolute Gasteiger partial charge is 0.179 e. The first-order chi connectivity index (χ1) is 14.6. The van der Waals surface area contributed by atoms with E-state index >= 15 is 0 Å². The molecule has 7 heteroatoms. The van der Waals surface area contributed by atoms with Gasteiger partial charge in [-0.05, 0) is 48.0 Å². The Balaban J connectivity index is 1.79. The molecule has 3 rings (SSSR count). The van der Waals surface area contributed by atoms with E-state index in [0.29, 0.717) is 22.2 Å². The Morgan fingerprint density at radius 1 is 1.03 bits per heavy atom. The van der Waals surface area contributed by atoms with Gasteiger partial charge >= 0.3 is 0 Å². The predicted molar refractivity (Wildman–Crippen MR) is 116 cm³/mol. The van der Waals surface area contributed by atoms with Crippen molar-refractivity contribution < 1.29 is 19.0 Å². The maximum Gasteiger partial charge on any atom is 0.179 e. The topological polar surface area (TPSA) is 81.4 Å². The highest BCUT2D eigenvalue weighted by molar-refractivity contribution is 7.10. The molecule has 0 fully saturated rings. The molecule has 0 saturated carbocycles. The fourth-order valence-electron chi connectivity index (χ4n) is 2.76. The van der Waals surface area contributed by atoms with Crippen LogP contribution in [0.4, 0.5) is 0 Å². The number of ketones is 1. The number of rotatable bonds is 8. The summed E-state index contributed by atoms with van der Waals surface area (Å²) in [6.07, 6.45) is 3.02. The third-order valence-electron chi connectivity index (χ3n) is 4.38. The SMILES string of the molecule is COc1ccc(-c2csc(C(C#N)C(=O)/C=C/c3cc(OC)cc(OC)c3)n2)cc1. The zero-order valence-electron chi connectivity index (χ0n) is 16.8. The van der Waals surface area contributed by atoms with Crippen LogP contribution < -0.4 is 14.2 Å². The van der Waals surface area contributed by atoms with Crippen LogP contribution in [0, 0.1) is 11.3 Å². The molecule has 0 aliphatic carbocycles. The first kappa shape index (κ1) is 21.1. The van der Waals surface area contributed by atoms with Crippen molar-refractivity contribution >= 4 is 23.2 Å². The number of hydrogen-bond donors (Lipinski definition) is 0. The minimum Gasteiger partial charge on any atom is -0.497 e. The Labute approximate surface area is 179 Å². The van der Waals surface area contributed by atoms with Gasteiger partial charge in [0.15, 0.2) is 11.7 Å². The fraction of sp³-hybridized carbons (Fsp3) is 0.174. The third kappa shape index (κ3) is 4.85. The van der Waals surface area contributed by atoms with Gasteiger partial charge in [-0.1, -0.05) is 6.08 Å². The highest BCUT2D eigenvalue weighted by Gasteiger charge is 2.22. The van der Waals surface area contributed by atoms with Crippen LogP contribution in [0.5, 0.6) is 17.2 Å². The molecule has 0 N–H and O–H groups in total. The maximum atomic E-state index is 12.7. The Bertz CT molecular complexity index is 1070. The lowest BCUT2D eigenvalue weighted by molar-refractivity contribution is -0.114. The van der Waals surface area contributed by atoms with Gasteiger partial charge in [-0.25, -0.2) is 4.98 Å². The molecule has 0 spiro atoms. The summed E-state index contributed by atoms with van der Waals surface area (Å²) >= 11 is 1.29. The summed E-state index contributed by atoms with van der Waals surface area (Å²) in [5, 5.41) is 11.9. The summed E-state index contributed by atoms with van der Waals surface area (Å²) in [6, 6.07) is 14.8. The molecule has 0 aliphatic heterocycles. The number of ether oxygens (including phenoxy) is 3. The van der Waals surface area contributed by atoms with Gasteiger partial charge in [-0.3, -0.25) is 4.79 Å². The number of aromatic nitrogens is 1. The lowest BCUT2D eigenvalue weighted by Crippen LogP contribution is -2.07. The minimum absolute atomic E-state index is 0.338. The molecule has 0 bridgehead atoms. The normalized spacial score (nSPS) is 11.7. The second-order valence-electron chi connectivity index (χ2n) is 6.24. The Morgan fingerprint density at radius 3 is 2.23 bits per heavy atom. The number of carbonyl (C=O) groups is 1. The lowest BCUT2D eigenvalue weighted by Gasteiger charge is -2.06. The average Bonchev–Trinajstić information content (AvgIpc) is 3.27. The van der Waals surface area contributed by atoms with E-state index in [0.717, 1.165) is 16.9 Å². The fourth-order valence-corrected chi connectivity index (χ4v) is 3.63. The van der Waals surface area contributed by atoms with Gasteiger partial charge in [0.25, 0.3) is 0 Å². The first-order valence-corrected chi connectivity index (χ1v) is 9.90. The molecule has 0 amide bonds. The monoisotopic (exact) mass is 420 g/mol. The largest absolute Gasteiger partial charge is 0.497 e. The Hall–Kier alpha value is -3.63. The highest BCUT2D eigenvalue weighted by atomic mass is 32.1. The van der Waals surface area contributed by atoms with Crippen molar-refractivity contribution in [2.45, 2.75) is 5.92 Å². The highest BCUT2D eigenvalue weighted by Crippen LogP contribution is 2.29. The van der Waals surface area contributed by atoms with Crippen LogP contribution in [0.3, 0.4) is 0 Å². The number of nitrogens with zero attached hydrogens (tertiary/aromatic N) is 2. The van der Waals surface area contributed by atoms with Gasteiger partial charge in [0.2, 0.25) is 0 Å². The van der Waals surface area contributed by atoms with E-state index in [9.17, 15) is 10.1 Å². The summed E-state index contributed by atoms with van der Waals surface area (Å²) in [7, 11) is 4.72. The minimum atomic E-state index is -0.967. The molecule has 1 aromatic heterocycles. The summed E-state index contributed by atoms with van der Waals surface area (Å²) < 4.78 is 15.6. The number of thiazole rings is 1. The molecule has 1 unspecified atom stereocenters. The summed E-state index contributed by atoms with van der Waals surface area (Å²) in [5.41, 5.74) is 2.34. The van der Waals surface area contributed by atoms with Crippen molar-refractivity contribution in [1.29, 1.82) is 5.26 Å². The van der Waals surface area contributed by atoms with Crippen molar-refractivity contribution in [2.75, 3.05) is 21.3 Å².